The van der Waals surface area contributed by atoms with Crippen LogP contribution in [0.25, 0.3) is 0 Å². The fourth-order valence-electron chi connectivity index (χ4n) is 3.42. The van der Waals surface area contributed by atoms with E-state index in [9.17, 15) is 9.59 Å². The van der Waals surface area contributed by atoms with Gasteiger partial charge in [0.05, 0.1) is 12.5 Å². The Hall–Kier alpha value is -1.88. The van der Waals surface area contributed by atoms with Gasteiger partial charge in [0.2, 0.25) is 5.91 Å². The molecular formula is C20H30N2O3. The fourth-order valence-corrected chi connectivity index (χ4v) is 3.42. The third-order valence-corrected chi connectivity index (χ3v) is 4.74. The predicted molar refractivity (Wildman–Crippen MR) is 98.3 cm³/mol. The molecule has 0 spiro atoms. The molecule has 2 rings (SSSR count). The van der Waals surface area contributed by atoms with Gasteiger partial charge in [-0.05, 0) is 37.8 Å². The highest BCUT2D eigenvalue weighted by Crippen LogP contribution is 2.21. The Kier molecular flexibility index (Phi) is 7.44. The molecule has 1 fully saturated rings. The third kappa shape index (κ3) is 5.30. The summed E-state index contributed by atoms with van der Waals surface area (Å²) in [6, 6.07) is 7.71. The molecule has 1 N–H and O–H groups in total. The molecule has 138 valence electrons. The van der Waals surface area contributed by atoms with Crippen LogP contribution in [0, 0.1) is 5.92 Å². The summed E-state index contributed by atoms with van der Waals surface area (Å²) in [7, 11) is 1.62. The smallest absolute Gasteiger partial charge is 0.254 e. The first-order valence-corrected chi connectivity index (χ1v) is 9.23. The molecule has 1 heterocycles. The minimum Gasteiger partial charge on any atom is -0.380 e. The number of piperidine rings is 1. The number of ether oxygens (including phenoxy) is 1. The van der Waals surface area contributed by atoms with Gasteiger partial charge in [0.25, 0.3) is 5.91 Å². The molecule has 1 aromatic carbocycles. The van der Waals surface area contributed by atoms with Crippen LogP contribution in [0.2, 0.25) is 0 Å². The first-order valence-electron chi connectivity index (χ1n) is 9.23. The normalized spacial score (nSPS) is 18.7. The number of nitrogens with zero attached hydrogens (tertiary/aromatic N) is 1. The quantitative estimate of drug-likeness (QED) is 0.826. The minimum atomic E-state index is -0.119. The van der Waals surface area contributed by atoms with E-state index >= 15 is 0 Å². The number of carbonyl (C=O) groups is 2. The van der Waals surface area contributed by atoms with Crippen LogP contribution in [-0.2, 0) is 16.1 Å². The van der Waals surface area contributed by atoms with Crippen molar-refractivity contribution in [3.05, 3.63) is 35.4 Å². The molecule has 0 radical (unpaired) electrons. The van der Waals surface area contributed by atoms with Crippen molar-refractivity contribution in [1.29, 1.82) is 0 Å². The molecule has 0 bridgehead atoms. The summed E-state index contributed by atoms with van der Waals surface area (Å²) in [6.45, 7) is 5.75. The second-order valence-electron chi connectivity index (χ2n) is 6.88. The van der Waals surface area contributed by atoms with Gasteiger partial charge in [-0.25, -0.2) is 0 Å². The first kappa shape index (κ1) is 19.4. The number of likely N-dealkylation sites (tertiary alicyclic amines) is 1. The molecule has 5 nitrogen and oxygen atoms in total. The molecule has 1 aliphatic heterocycles. The number of rotatable bonds is 7. The average molecular weight is 346 g/mol. The average Bonchev–Trinajstić information content (AvgIpc) is 2.62. The summed E-state index contributed by atoms with van der Waals surface area (Å²) < 4.78 is 5.20. The molecule has 1 aliphatic rings. The Morgan fingerprint density at radius 2 is 2.12 bits per heavy atom. The van der Waals surface area contributed by atoms with E-state index in [-0.39, 0.29) is 23.8 Å². The molecule has 0 aliphatic carbocycles. The van der Waals surface area contributed by atoms with Crippen molar-refractivity contribution in [3.63, 3.8) is 0 Å². The van der Waals surface area contributed by atoms with E-state index in [2.05, 4.69) is 12.2 Å². The molecule has 0 unspecified atom stereocenters. The van der Waals surface area contributed by atoms with Crippen molar-refractivity contribution in [3.8, 4) is 0 Å². The maximum Gasteiger partial charge on any atom is 0.254 e. The third-order valence-electron chi connectivity index (χ3n) is 4.74. The largest absolute Gasteiger partial charge is 0.380 e. The van der Waals surface area contributed by atoms with Crippen molar-refractivity contribution in [2.24, 2.45) is 5.92 Å². The molecule has 25 heavy (non-hydrogen) atoms. The van der Waals surface area contributed by atoms with Crippen LogP contribution in [-0.4, -0.2) is 43.0 Å². The SMILES string of the molecule is CCC[C@@H](C)NC(=O)[C@H]1CCCN(C(=O)c2ccccc2COC)C1. The van der Waals surface area contributed by atoms with Gasteiger partial charge in [-0.1, -0.05) is 31.5 Å². The van der Waals surface area contributed by atoms with E-state index in [0.717, 1.165) is 31.2 Å². The van der Waals surface area contributed by atoms with Gasteiger partial charge in [-0.2, -0.15) is 0 Å². The number of amides is 2. The van der Waals surface area contributed by atoms with Gasteiger partial charge >= 0.3 is 0 Å². The molecule has 2 atom stereocenters. The number of methoxy groups -OCH3 is 1. The van der Waals surface area contributed by atoms with E-state index < -0.39 is 0 Å². The van der Waals surface area contributed by atoms with Gasteiger partial charge in [0.1, 0.15) is 0 Å². The standard InChI is InChI=1S/C20H30N2O3/c1-4-8-15(2)21-19(23)16-10-7-12-22(13-16)20(24)18-11-6-5-9-17(18)14-25-3/h5-6,9,11,15-16H,4,7-8,10,12-14H2,1-3H3,(H,21,23)/t15-,16+/m1/s1. The van der Waals surface area contributed by atoms with Gasteiger partial charge < -0.3 is 15.0 Å². The summed E-state index contributed by atoms with van der Waals surface area (Å²) in [5.74, 6) is -0.0537. The van der Waals surface area contributed by atoms with E-state index in [1.54, 1.807) is 7.11 Å². The second-order valence-corrected chi connectivity index (χ2v) is 6.88. The van der Waals surface area contributed by atoms with E-state index in [4.69, 9.17) is 4.74 Å². The predicted octanol–water partition coefficient (Wildman–Crippen LogP) is 2.99. The van der Waals surface area contributed by atoms with Gasteiger partial charge in [-0.15, -0.1) is 0 Å². The molecule has 2 amide bonds. The van der Waals surface area contributed by atoms with Gasteiger partial charge in [0, 0.05) is 31.8 Å². The van der Waals surface area contributed by atoms with Crippen LogP contribution in [0.5, 0.6) is 0 Å². The lowest BCUT2D eigenvalue weighted by Crippen LogP contribution is -2.47. The highest BCUT2D eigenvalue weighted by Gasteiger charge is 2.30. The molecule has 0 saturated carbocycles. The Morgan fingerprint density at radius 1 is 1.36 bits per heavy atom. The Labute approximate surface area is 150 Å². The summed E-state index contributed by atoms with van der Waals surface area (Å²) in [5.41, 5.74) is 1.56. The van der Waals surface area contributed by atoms with Crippen molar-refractivity contribution in [2.45, 2.75) is 52.2 Å². The zero-order valence-electron chi connectivity index (χ0n) is 15.6. The number of hydrogen-bond donors (Lipinski definition) is 1. The highest BCUT2D eigenvalue weighted by atomic mass is 16.5. The molecule has 1 aromatic rings. The molecule has 1 saturated heterocycles. The lowest BCUT2D eigenvalue weighted by molar-refractivity contribution is -0.127. The second kappa shape index (κ2) is 9.56. The summed E-state index contributed by atoms with van der Waals surface area (Å²) >= 11 is 0. The van der Waals surface area contributed by atoms with Gasteiger partial charge in [0.15, 0.2) is 0 Å². The van der Waals surface area contributed by atoms with E-state index in [1.807, 2.05) is 36.1 Å². The lowest BCUT2D eigenvalue weighted by atomic mass is 9.95. The van der Waals surface area contributed by atoms with Crippen molar-refractivity contribution in [2.75, 3.05) is 20.2 Å². The molecule has 0 aromatic heterocycles. The summed E-state index contributed by atoms with van der Waals surface area (Å²) in [6.07, 6.45) is 3.73. The summed E-state index contributed by atoms with van der Waals surface area (Å²) in [4.78, 5) is 27.2. The number of hydrogen-bond acceptors (Lipinski definition) is 3. The Balaban J connectivity index is 2.03. The molecular weight excluding hydrogens is 316 g/mol. The first-order chi connectivity index (χ1) is 12.1. The van der Waals surface area contributed by atoms with Crippen molar-refractivity contribution >= 4 is 11.8 Å². The van der Waals surface area contributed by atoms with Crippen molar-refractivity contribution < 1.29 is 14.3 Å². The number of benzene rings is 1. The van der Waals surface area contributed by atoms with E-state index in [1.165, 1.54) is 0 Å². The van der Waals surface area contributed by atoms with Crippen LogP contribution in [0.1, 0.15) is 55.5 Å². The summed E-state index contributed by atoms with van der Waals surface area (Å²) in [5, 5.41) is 3.08. The zero-order chi connectivity index (χ0) is 18.2. The van der Waals surface area contributed by atoms with Crippen molar-refractivity contribution in [1.82, 2.24) is 10.2 Å². The van der Waals surface area contributed by atoms with Crippen LogP contribution in [0.3, 0.4) is 0 Å². The topological polar surface area (TPSA) is 58.6 Å². The fraction of sp³-hybridized carbons (Fsp3) is 0.600. The van der Waals surface area contributed by atoms with Crippen LogP contribution in [0.4, 0.5) is 0 Å². The van der Waals surface area contributed by atoms with Crippen LogP contribution >= 0.6 is 0 Å². The monoisotopic (exact) mass is 346 g/mol. The highest BCUT2D eigenvalue weighted by molar-refractivity contribution is 5.96. The minimum absolute atomic E-state index is 0.00763. The maximum absolute atomic E-state index is 12.9. The lowest BCUT2D eigenvalue weighted by Gasteiger charge is -2.33. The Bertz CT molecular complexity index is 588. The number of carbonyl (C=O) groups excluding carboxylic acids is 2. The zero-order valence-corrected chi connectivity index (χ0v) is 15.6. The number of nitrogens with one attached hydrogen (secondary N) is 1. The van der Waals surface area contributed by atoms with E-state index in [0.29, 0.717) is 25.3 Å². The van der Waals surface area contributed by atoms with Gasteiger partial charge in [-0.3, -0.25) is 9.59 Å². The van der Waals surface area contributed by atoms with Crippen LogP contribution < -0.4 is 5.32 Å². The molecule has 5 heteroatoms. The Morgan fingerprint density at radius 3 is 2.84 bits per heavy atom. The maximum atomic E-state index is 12.9. The van der Waals surface area contributed by atoms with Crippen LogP contribution in [0.15, 0.2) is 24.3 Å².